The van der Waals surface area contributed by atoms with Crippen molar-refractivity contribution >= 4 is 5.91 Å². The average molecular weight is 330 g/mol. The molecule has 1 aromatic carbocycles. The van der Waals surface area contributed by atoms with Crippen LogP contribution in [0.25, 0.3) is 0 Å². The lowest BCUT2D eigenvalue weighted by Crippen LogP contribution is -2.62. The lowest BCUT2D eigenvalue weighted by atomic mass is 9.64. The van der Waals surface area contributed by atoms with Gasteiger partial charge in [0.2, 0.25) is 5.91 Å². The molecule has 1 aliphatic carbocycles. The molecule has 2 aromatic rings. The predicted octanol–water partition coefficient (Wildman–Crippen LogP) is 1.07. The zero-order chi connectivity index (χ0) is 17.2. The highest BCUT2D eigenvalue weighted by Gasteiger charge is 2.49. The number of hydrogen-bond acceptors (Lipinski definition) is 4. The van der Waals surface area contributed by atoms with Crippen molar-refractivity contribution in [3.63, 3.8) is 0 Å². The number of hydrogen-bond donors (Lipinski definition) is 2. The molecule has 0 bridgehead atoms. The Morgan fingerprint density at radius 3 is 2.79 bits per heavy atom. The molecule has 0 saturated heterocycles. The third-order valence-corrected chi connectivity index (χ3v) is 4.74. The van der Waals surface area contributed by atoms with Gasteiger partial charge in [-0.25, -0.2) is 9.89 Å². The van der Waals surface area contributed by atoms with Crippen LogP contribution >= 0.6 is 0 Å². The average Bonchev–Trinajstić information content (AvgIpc) is 2.96. The van der Waals surface area contributed by atoms with Crippen molar-refractivity contribution in [1.82, 2.24) is 20.1 Å². The van der Waals surface area contributed by atoms with Crippen molar-refractivity contribution < 1.29 is 9.53 Å². The summed E-state index contributed by atoms with van der Waals surface area (Å²) in [6.45, 7) is 4.71. The van der Waals surface area contributed by atoms with Crippen molar-refractivity contribution in [3.05, 3.63) is 52.7 Å². The van der Waals surface area contributed by atoms with Crippen LogP contribution in [0.5, 0.6) is 0 Å². The summed E-state index contributed by atoms with van der Waals surface area (Å²) in [4.78, 5) is 23.5. The molecule has 2 unspecified atom stereocenters. The van der Waals surface area contributed by atoms with Crippen LogP contribution in [0.2, 0.25) is 0 Å². The first-order chi connectivity index (χ1) is 11.5. The second-order valence-electron chi connectivity index (χ2n) is 6.75. The lowest BCUT2D eigenvalue weighted by molar-refractivity contribution is -0.141. The van der Waals surface area contributed by atoms with Crippen molar-refractivity contribution in [1.29, 1.82) is 0 Å². The van der Waals surface area contributed by atoms with Gasteiger partial charge in [-0.05, 0) is 12.0 Å². The number of carbonyl (C=O) groups is 1. The minimum atomic E-state index is -0.387. The largest absolute Gasteiger partial charge is 0.373 e. The standard InChI is InChI=1S/C17H22N4O3/c1-17(2)13(19-15(22)9-21-11-18-20-16(21)23)8-14(17)24-10-12-6-4-3-5-7-12/h3-7,11,13-14H,8-10H2,1-2H3,(H,19,22)(H,20,23). The number of aromatic nitrogens is 3. The maximum absolute atomic E-state index is 12.1. The molecule has 1 aliphatic rings. The highest BCUT2D eigenvalue weighted by molar-refractivity contribution is 5.76. The Balaban J connectivity index is 1.49. The van der Waals surface area contributed by atoms with Crippen LogP contribution in [0.4, 0.5) is 0 Å². The normalized spacial score (nSPS) is 21.9. The van der Waals surface area contributed by atoms with E-state index >= 15 is 0 Å². The molecule has 1 fully saturated rings. The molecular formula is C17H22N4O3. The minimum absolute atomic E-state index is 0.0303. The number of aromatic amines is 1. The predicted molar refractivity (Wildman–Crippen MR) is 88.2 cm³/mol. The van der Waals surface area contributed by atoms with Gasteiger partial charge in [0.25, 0.3) is 0 Å². The summed E-state index contributed by atoms with van der Waals surface area (Å²) in [6, 6.07) is 10.1. The van der Waals surface area contributed by atoms with E-state index in [4.69, 9.17) is 4.74 Å². The van der Waals surface area contributed by atoms with E-state index in [0.29, 0.717) is 6.61 Å². The summed E-state index contributed by atoms with van der Waals surface area (Å²) in [5.41, 5.74) is 0.605. The molecule has 0 aliphatic heterocycles. The van der Waals surface area contributed by atoms with Gasteiger partial charge in [0.05, 0.1) is 12.7 Å². The maximum Gasteiger partial charge on any atom is 0.343 e. The number of nitrogens with zero attached hydrogens (tertiary/aromatic N) is 2. The monoisotopic (exact) mass is 330 g/mol. The second kappa shape index (κ2) is 6.60. The Hall–Kier alpha value is -2.41. The molecule has 0 radical (unpaired) electrons. The van der Waals surface area contributed by atoms with E-state index in [9.17, 15) is 9.59 Å². The van der Waals surface area contributed by atoms with Gasteiger partial charge in [0.15, 0.2) is 0 Å². The number of amides is 1. The molecule has 1 heterocycles. The number of rotatable bonds is 6. The molecule has 1 saturated carbocycles. The SMILES string of the molecule is CC1(C)C(NC(=O)Cn2cn[nH]c2=O)CC1OCc1ccccc1. The first kappa shape index (κ1) is 16.4. The number of ether oxygens (including phenoxy) is 1. The van der Waals surface area contributed by atoms with Gasteiger partial charge in [0, 0.05) is 11.5 Å². The number of nitrogens with one attached hydrogen (secondary N) is 2. The van der Waals surface area contributed by atoms with Crippen molar-refractivity contribution in [3.8, 4) is 0 Å². The molecule has 24 heavy (non-hydrogen) atoms. The van der Waals surface area contributed by atoms with E-state index in [-0.39, 0.29) is 35.7 Å². The minimum Gasteiger partial charge on any atom is -0.373 e. The fourth-order valence-corrected chi connectivity index (χ4v) is 2.96. The summed E-state index contributed by atoms with van der Waals surface area (Å²) < 4.78 is 7.24. The van der Waals surface area contributed by atoms with Crippen LogP contribution in [0.1, 0.15) is 25.8 Å². The first-order valence-corrected chi connectivity index (χ1v) is 8.01. The summed E-state index contributed by atoms with van der Waals surface area (Å²) in [5.74, 6) is -0.196. The van der Waals surface area contributed by atoms with Gasteiger partial charge in [0.1, 0.15) is 12.9 Å². The topological polar surface area (TPSA) is 89.0 Å². The molecule has 7 nitrogen and oxygen atoms in total. The van der Waals surface area contributed by atoms with Crippen molar-refractivity contribution in [2.45, 2.75) is 45.6 Å². The van der Waals surface area contributed by atoms with E-state index in [1.54, 1.807) is 0 Å². The fraction of sp³-hybridized carbons (Fsp3) is 0.471. The van der Waals surface area contributed by atoms with Gasteiger partial charge in [-0.2, -0.15) is 5.10 Å². The quantitative estimate of drug-likeness (QED) is 0.829. The van der Waals surface area contributed by atoms with E-state index in [1.165, 1.54) is 10.9 Å². The van der Waals surface area contributed by atoms with Gasteiger partial charge >= 0.3 is 5.69 Å². The van der Waals surface area contributed by atoms with Gasteiger partial charge in [-0.15, -0.1) is 0 Å². The molecule has 2 atom stereocenters. The molecule has 0 spiro atoms. The van der Waals surface area contributed by atoms with Crippen LogP contribution in [0.15, 0.2) is 41.5 Å². The Morgan fingerprint density at radius 1 is 1.42 bits per heavy atom. The Kier molecular flexibility index (Phi) is 4.53. The first-order valence-electron chi connectivity index (χ1n) is 8.01. The molecule has 3 rings (SSSR count). The van der Waals surface area contributed by atoms with Crippen molar-refractivity contribution in [2.24, 2.45) is 5.41 Å². The molecular weight excluding hydrogens is 308 g/mol. The summed E-state index contributed by atoms with van der Waals surface area (Å²) in [7, 11) is 0. The van der Waals surface area contributed by atoms with Gasteiger partial charge < -0.3 is 10.1 Å². The highest BCUT2D eigenvalue weighted by atomic mass is 16.5. The van der Waals surface area contributed by atoms with E-state index in [0.717, 1.165) is 12.0 Å². The fourth-order valence-electron chi connectivity index (χ4n) is 2.96. The molecule has 128 valence electrons. The highest BCUT2D eigenvalue weighted by Crippen LogP contribution is 2.43. The van der Waals surface area contributed by atoms with Gasteiger partial charge in [-0.3, -0.25) is 9.36 Å². The third kappa shape index (κ3) is 3.41. The smallest absolute Gasteiger partial charge is 0.343 e. The van der Waals surface area contributed by atoms with Gasteiger partial charge in [-0.1, -0.05) is 44.2 Å². The van der Waals surface area contributed by atoms with E-state index < -0.39 is 0 Å². The van der Waals surface area contributed by atoms with E-state index in [1.807, 2.05) is 30.3 Å². The Bertz CT molecular complexity index is 750. The second-order valence-corrected chi connectivity index (χ2v) is 6.75. The summed E-state index contributed by atoms with van der Waals surface area (Å²) >= 11 is 0. The summed E-state index contributed by atoms with van der Waals surface area (Å²) in [6.07, 6.45) is 2.19. The Labute approximate surface area is 140 Å². The third-order valence-electron chi connectivity index (χ3n) is 4.74. The number of H-pyrrole nitrogens is 1. The van der Waals surface area contributed by atoms with Crippen LogP contribution in [0, 0.1) is 5.41 Å². The zero-order valence-corrected chi connectivity index (χ0v) is 13.9. The van der Waals surface area contributed by atoms with Crippen LogP contribution in [0.3, 0.4) is 0 Å². The van der Waals surface area contributed by atoms with E-state index in [2.05, 4.69) is 29.4 Å². The molecule has 1 aromatic heterocycles. The van der Waals surface area contributed by atoms with Crippen LogP contribution in [-0.4, -0.2) is 32.8 Å². The maximum atomic E-state index is 12.1. The number of carbonyl (C=O) groups excluding carboxylic acids is 1. The van der Waals surface area contributed by atoms with Crippen LogP contribution in [-0.2, 0) is 22.7 Å². The molecule has 2 N–H and O–H groups in total. The van der Waals surface area contributed by atoms with Crippen molar-refractivity contribution in [2.75, 3.05) is 0 Å². The molecule has 7 heteroatoms. The Morgan fingerprint density at radius 2 is 2.17 bits per heavy atom. The molecule has 1 amide bonds. The summed E-state index contributed by atoms with van der Waals surface area (Å²) in [5, 5.41) is 8.86. The number of benzene rings is 1. The lowest BCUT2D eigenvalue weighted by Gasteiger charge is -2.51. The van der Waals surface area contributed by atoms with Crippen LogP contribution < -0.4 is 11.0 Å². The zero-order valence-electron chi connectivity index (χ0n) is 13.9.